The fourth-order valence-electron chi connectivity index (χ4n) is 3.09. The smallest absolute Gasteiger partial charge is 0.253 e. The van der Waals surface area contributed by atoms with E-state index in [9.17, 15) is 4.79 Å². The van der Waals surface area contributed by atoms with E-state index in [0.29, 0.717) is 24.6 Å². The molecule has 1 amide bonds. The van der Waals surface area contributed by atoms with Gasteiger partial charge in [0.15, 0.2) is 5.96 Å². The Morgan fingerprint density at radius 2 is 1.56 bits per heavy atom. The summed E-state index contributed by atoms with van der Waals surface area (Å²) < 4.78 is 6.08. The molecule has 6 nitrogen and oxygen atoms in total. The van der Waals surface area contributed by atoms with Crippen LogP contribution in [0.1, 0.15) is 27.0 Å². The first-order valence-corrected chi connectivity index (χ1v) is 10.5. The molecule has 32 heavy (non-hydrogen) atoms. The molecule has 0 saturated carbocycles. The molecule has 0 atom stereocenters. The summed E-state index contributed by atoms with van der Waals surface area (Å²) in [7, 11) is 5.23. The second-order valence-electron chi connectivity index (χ2n) is 7.70. The van der Waals surface area contributed by atoms with Crippen LogP contribution in [0, 0.1) is 6.92 Å². The summed E-state index contributed by atoms with van der Waals surface area (Å²) in [5, 5.41) is 6.64. The Morgan fingerprint density at radius 3 is 2.22 bits per heavy atom. The highest BCUT2D eigenvalue weighted by molar-refractivity contribution is 5.93. The molecule has 0 bridgehead atoms. The van der Waals surface area contributed by atoms with Gasteiger partial charge in [-0.3, -0.25) is 9.79 Å². The molecule has 0 saturated heterocycles. The summed E-state index contributed by atoms with van der Waals surface area (Å²) in [6, 6.07) is 23.5. The summed E-state index contributed by atoms with van der Waals surface area (Å²) in [6.07, 6.45) is 0. The molecule has 3 aromatic rings. The molecule has 0 aromatic heterocycles. The number of ether oxygens (including phenoxy) is 1. The first kappa shape index (κ1) is 22.9. The van der Waals surface area contributed by atoms with Crippen LogP contribution in [0.15, 0.2) is 77.8 Å². The van der Waals surface area contributed by atoms with Crippen LogP contribution in [-0.2, 0) is 13.1 Å². The number of carbonyl (C=O) groups is 1. The van der Waals surface area contributed by atoms with Crippen LogP contribution >= 0.6 is 0 Å². The van der Waals surface area contributed by atoms with Gasteiger partial charge in [0.05, 0.1) is 0 Å². The van der Waals surface area contributed by atoms with Gasteiger partial charge in [-0.1, -0.05) is 48.0 Å². The number of amides is 1. The van der Waals surface area contributed by atoms with Crippen LogP contribution in [-0.4, -0.2) is 37.9 Å². The van der Waals surface area contributed by atoms with Crippen LogP contribution in [0.3, 0.4) is 0 Å². The minimum Gasteiger partial charge on any atom is -0.457 e. The molecule has 6 heteroatoms. The maximum Gasteiger partial charge on any atom is 0.253 e. The lowest BCUT2D eigenvalue weighted by Gasteiger charge is -2.15. The van der Waals surface area contributed by atoms with Crippen molar-refractivity contribution < 1.29 is 9.53 Å². The average Bonchev–Trinajstić information content (AvgIpc) is 2.81. The average molecular weight is 431 g/mol. The highest BCUT2D eigenvalue weighted by Crippen LogP contribution is 2.25. The van der Waals surface area contributed by atoms with Gasteiger partial charge in [-0.15, -0.1) is 0 Å². The van der Waals surface area contributed by atoms with Crippen molar-refractivity contribution in [1.82, 2.24) is 15.5 Å². The van der Waals surface area contributed by atoms with E-state index < -0.39 is 0 Å². The third-order valence-corrected chi connectivity index (χ3v) is 4.96. The Hall–Kier alpha value is -3.80. The summed E-state index contributed by atoms with van der Waals surface area (Å²) in [4.78, 5) is 17.9. The van der Waals surface area contributed by atoms with Crippen LogP contribution in [0.25, 0.3) is 0 Å². The first-order chi connectivity index (χ1) is 15.5. The lowest BCUT2D eigenvalue weighted by atomic mass is 10.1. The zero-order chi connectivity index (χ0) is 22.9. The van der Waals surface area contributed by atoms with Crippen molar-refractivity contribution in [2.24, 2.45) is 4.99 Å². The highest BCUT2D eigenvalue weighted by atomic mass is 16.5. The number of rotatable bonds is 7. The molecular formula is C26H30N4O2. The van der Waals surface area contributed by atoms with Crippen LogP contribution < -0.4 is 15.4 Å². The molecule has 3 rings (SSSR count). The largest absolute Gasteiger partial charge is 0.457 e. The van der Waals surface area contributed by atoms with Crippen LogP contribution in [0.2, 0.25) is 0 Å². The lowest BCUT2D eigenvalue weighted by molar-refractivity contribution is 0.0827. The maximum absolute atomic E-state index is 12.0. The number of aryl methyl sites for hydroxylation is 1. The Balaban J connectivity index is 1.57. The normalized spacial score (nSPS) is 11.1. The predicted molar refractivity (Wildman–Crippen MR) is 129 cm³/mol. The number of aliphatic imine (C=N–C) groups is 1. The molecule has 3 aromatic carbocycles. The van der Waals surface area contributed by atoms with Gasteiger partial charge >= 0.3 is 0 Å². The lowest BCUT2D eigenvalue weighted by Crippen LogP contribution is -2.36. The van der Waals surface area contributed by atoms with Crippen molar-refractivity contribution in [2.75, 3.05) is 21.1 Å². The summed E-state index contributed by atoms with van der Waals surface area (Å²) in [5.74, 6) is 2.29. The zero-order valence-corrected chi connectivity index (χ0v) is 19.1. The van der Waals surface area contributed by atoms with Gasteiger partial charge < -0.3 is 20.3 Å². The molecule has 0 aliphatic heterocycles. The summed E-state index contributed by atoms with van der Waals surface area (Å²) >= 11 is 0. The first-order valence-electron chi connectivity index (χ1n) is 10.5. The van der Waals surface area contributed by atoms with E-state index in [1.165, 1.54) is 5.56 Å². The molecule has 166 valence electrons. The van der Waals surface area contributed by atoms with Gasteiger partial charge in [-0.05, 0) is 42.8 Å². The van der Waals surface area contributed by atoms with E-state index >= 15 is 0 Å². The minimum absolute atomic E-state index is 0.00601. The number of nitrogens with one attached hydrogen (secondary N) is 2. The van der Waals surface area contributed by atoms with E-state index in [2.05, 4.69) is 22.5 Å². The number of hydrogen-bond donors (Lipinski definition) is 2. The molecule has 0 unspecified atom stereocenters. The van der Waals surface area contributed by atoms with Crippen LogP contribution in [0.5, 0.6) is 11.5 Å². The van der Waals surface area contributed by atoms with Gasteiger partial charge in [0, 0.05) is 45.4 Å². The van der Waals surface area contributed by atoms with Gasteiger partial charge in [0.2, 0.25) is 0 Å². The molecule has 0 radical (unpaired) electrons. The van der Waals surface area contributed by atoms with Gasteiger partial charge in [-0.2, -0.15) is 0 Å². The molecule has 0 aliphatic carbocycles. The number of hydrogen-bond acceptors (Lipinski definition) is 3. The van der Waals surface area contributed by atoms with Crippen molar-refractivity contribution in [1.29, 1.82) is 0 Å². The minimum atomic E-state index is -0.00601. The van der Waals surface area contributed by atoms with Gasteiger partial charge in [-0.25, -0.2) is 0 Å². The molecule has 0 heterocycles. The molecule has 0 fully saturated rings. The number of guanidine groups is 1. The fraction of sp³-hybridized carbons (Fsp3) is 0.231. The Labute approximate surface area is 189 Å². The SMILES string of the molecule is CN=C(NCc1ccc(C(=O)N(C)C)cc1)NCc1ccccc1Oc1ccc(C)cc1. The summed E-state index contributed by atoms with van der Waals surface area (Å²) in [6.45, 7) is 3.22. The van der Waals surface area contributed by atoms with Crippen molar-refractivity contribution in [3.63, 3.8) is 0 Å². The highest BCUT2D eigenvalue weighted by Gasteiger charge is 2.08. The molecule has 2 N–H and O–H groups in total. The number of carbonyl (C=O) groups excluding carboxylic acids is 1. The van der Waals surface area contributed by atoms with Crippen LogP contribution in [0.4, 0.5) is 0 Å². The Morgan fingerprint density at radius 1 is 0.906 bits per heavy atom. The third kappa shape index (κ3) is 6.35. The molecule has 0 aliphatic rings. The van der Waals surface area contributed by atoms with Crippen molar-refractivity contribution in [2.45, 2.75) is 20.0 Å². The second kappa shape index (κ2) is 11.0. The zero-order valence-electron chi connectivity index (χ0n) is 19.1. The van der Waals surface area contributed by atoms with Gasteiger partial charge in [0.25, 0.3) is 5.91 Å². The van der Waals surface area contributed by atoms with Crippen molar-refractivity contribution in [3.8, 4) is 11.5 Å². The van der Waals surface area contributed by atoms with E-state index in [-0.39, 0.29) is 5.91 Å². The van der Waals surface area contributed by atoms with Gasteiger partial charge in [0.1, 0.15) is 11.5 Å². The van der Waals surface area contributed by atoms with E-state index in [1.807, 2.05) is 72.8 Å². The van der Waals surface area contributed by atoms with Crippen molar-refractivity contribution >= 4 is 11.9 Å². The Bertz CT molecular complexity index is 1060. The maximum atomic E-state index is 12.0. The monoisotopic (exact) mass is 430 g/mol. The van der Waals surface area contributed by atoms with E-state index in [1.54, 1.807) is 26.0 Å². The fourth-order valence-corrected chi connectivity index (χ4v) is 3.09. The van der Waals surface area contributed by atoms with E-state index in [4.69, 9.17) is 4.74 Å². The standard InChI is InChI=1S/C26H30N4O2/c1-19-9-15-23(16-10-19)32-24-8-6-5-7-22(24)18-29-26(27-2)28-17-20-11-13-21(14-12-20)25(31)30(3)4/h5-16H,17-18H2,1-4H3,(H2,27,28,29). The quantitative estimate of drug-likeness (QED) is 0.432. The number of para-hydroxylation sites is 1. The summed E-state index contributed by atoms with van der Waals surface area (Å²) in [5.41, 5.74) is 3.96. The topological polar surface area (TPSA) is 66.0 Å². The molecule has 0 spiro atoms. The number of nitrogens with zero attached hydrogens (tertiary/aromatic N) is 2. The molecular weight excluding hydrogens is 400 g/mol. The van der Waals surface area contributed by atoms with E-state index in [0.717, 1.165) is 22.6 Å². The third-order valence-electron chi connectivity index (χ3n) is 4.96. The van der Waals surface area contributed by atoms with Crippen molar-refractivity contribution in [3.05, 3.63) is 95.1 Å². The second-order valence-corrected chi connectivity index (χ2v) is 7.70. The predicted octanol–water partition coefficient (Wildman–Crippen LogP) is 4.35. The Kier molecular flexibility index (Phi) is 7.86. The number of benzene rings is 3.